The van der Waals surface area contributed by atoms with Crippen LogP contribution in [0, 0.1) is 11.8 Å². The molecule has 130 valence electrons. The van der Waals surface area contributed by atoms with E-state index in [0.29, 0.717) is 11.8 Å². The molecule has 24 heavy (non-hydrogen) atoms. The molecule has 0 aliphatic carbocycles. The maximum absolute atomic E-state index is 10.5. The van der Waals surface area contributed by atoms with Crippen LogP contribution in [0.5, 0.6) is 5.75 Å². The number of ether oxygens (including phenoxy) is 1. The van der Waals surface area contributed by atoms with Gasteiger partial charge in [0.2, 0.25) is 0 Å². The Bertz CT molecular complexity index is 557. The molecule has 2 aliphatic heterocycles. The lowest BCUT2D eigenvalue weighted by atomic mass is 9.78. The van der Waals surface area contributed by atoms with Crippen molar-refractivity contribution in [3.63, 3.8) is 0 Å². The van der Waals surface area contributed by atoms with Gasteiger partial charge in [-0.2, -0.15) is 11.8 Å². The number of allylic oxidation sites excluding steroid dienone is 2. The van der Waals surface area contributed by atoms with Crippen molar-refractivity contribution >= 4 is 17.7 Å². The molecule has 0 spiro atoms. The van der Waals surface area contributed by atoms with Crippen LogP contribution in [0.25, 0.3) is 0 Å². The Hall–Kier alpha value is -1.42. The van der Waals surface area contributed by atoms with Gasteiger partial charge >= 0.3 is 5.97 Å². The second-order valence-corrected chi connectivity index (χ2v) is 8.22. The molecular formula is C20H26O3S. The van der Waals surface area contributed by atoms with Gasteiger partial charge in [0, 0.05) is 22.8 Å². The van der Waals surface area contributed by atoms with E-state index < -0.39 is 5.97 Å². The quantitative estimate of drug-likeness (QED) is 0.516. The molecule has 1 aromatic carbocycles. The number of thioether (sulfide) groups is 1. The van der Waals surface area contributed by atoms with Gasteiger partial charge < -0.3 is 9.84 Å². The standard InChI is InChI=1S/C20H26O3S/c21-20(22)11-7-2-1-6-10-16-17(19-13-12-18(16)24-19)14-23-15-8-4-3-5-9-15/h1,3-6,8-9,16-19H,2,7,10-14H2,(H,21,22)/b6-1-/t16-,17+,18-,19+/m1/s1. The first-order chi connectivity index (χ1) is 11.7. The fourth-order valence-electron chi connectivity index (χ4n) is 3.88. The minimum absolute atomic E-state index is 0.266. The number of hydrogen-bond acceptors (Lipinski definition) is 3. The SMILES string of the molecule is O=C(O)CCC/C=C\C[C@@H]1[C@H](COc2ccccc2)[C@@H]2CC[C@H]1S2. The highest BCUT2D eigenvalue weighted by Gasteiger charge is 2.47. The fraction of sp³-hybridized carbons (Fsp3) is 0.550. The summed E-state index contributed by atoms with van der Waals surface area (Å²) >= 11 is 2.16. The van der Waals surface area contributed by atoms with E-state index in [-0.39, 0.29) is 6.42 Å². The number of carbonyl (C=O) groups is 1. The summed E-state index contributed by atoms with van der Waals surface area (Å²) in [6.45, 7) is 0.815. The van der Waals surface area contributed by atoms with Crippen LogP contribution < -0.4 is 4.74 Å². The number of benzene rings is 1. The molecule has 0 aromatic heterocycles. The minimum Gasteiger partial charge on any atom is -0.493 e. The van der Waals surface area contributed by atoms with Gasteiger partial charge in [-0.1, -0.05) is 30.4 Å². The molecule has 2 bridgehead atoms. The molecule has 2 saturated heterocycles. The Morgan fingerprint density at radius 3 is 2.67 bits per heavy atom. The summed E-state index contributed by atoms with van der Waals surface area (Å²) in [5, 5.41) is 10.2. The average molecular weight is 346 g/mol. The summed E-state index contributed by atoms with van der Waals surface area (Å²) in [7, 11) is 0. The van der Waals surface area contributed by atoms with Crippen LogP contribution in [-0.2, 0) is 4.79 Å². The largest absolute Gasteiger partial charge is 0.493 e. The highest BCUT2D eigenvalue weighted by molar-refractivity contribution is 8.01. The van der Waals surface area contributed by atoms with Crippen molar-refractivity contribution < 1.29 is 14.6 Å². The highest BCUT2D eigenvalue weighted by atomic mass is 32.2. The third-order valence-electron chi connectivity index (χ3n) is 5.11. The number of aliphatic carboxylic acids is 1. The normalized spacial score (nSPS) is 28.5. The van der Waals surface area contributed by atoms with E-state index in [4.69, 9.17) is 9.84 Å². The van der Waals surface area contributed by atoms with E-state index in [2.05, 4.69) is 23.9 Å². The number of carboxylic acids is 1. The lowest BCUT2D eigenvalue weighted by Crippen LogP contribution is -2.31. The number of fused-ring (bicyclic) bond motifs is 2. The van der Waals surface area contributed by atoms with Crippen LogP contribution in [0.15, 0.2) is 42.5 Å². The second-order valence-electron chi connectivity index (χ2n) is 6.74. The minimum atomic E-state index is -0.703. The number of unbranched alkanes of at least 4 members (excludes halogenated alkanes) is 1. The van der Waals surface area contributed by atoms with E-state index in [1.807, 2.05) is 30.3 Å². The zero-order valence-corrected chi connectivity index (χ0v) is 14.8. The molecule has 1 N–H and O–H groups in total. The topological polar surface area (TPSA) is 46.5 Å². The monoisotopic (exact) mass is 346 g/mol. The summed E-state index contributed by atoms with van der Waals surface area (Å²) in [5.74, 6) is 1.60. The molecule has 0 saturated carbocycles. The third kappa shape index (κ3) is 4.56. The van der Waals surface area contributed by atoms with E-state index >= 15 is 0 Å². The van der Waals surface area contributed by atoms with Crippen LogP contribution in [-0.4, -0.2) is 28.2 Å². The van der Waals surface area contributed by atoms with Crippen LogP contribution >= 0.6 is 11.8 Å². The maximum atomic E-state index is 10.5. The Morgan fingerprint density at radius 2 is 1.92 bits per heavy atom. The predicted octanol–water partition coefficient (Wildman–Crippen LogP) is 4.78. The predicted molar refractivity (Wildman–Crippen MR) is 98.6 cm³/mol. The van der Waals surface area contributed by atoms with Crippen molar-refractivity contribution in [1.82, 2.24) is 0 Å². The lowest BCUT2D eigenvalue weighted by molar-refractivity contribution is -0.137. The molecule has 2 heterocycles. The molecule has 0 amide bonds. The molecule has 3 rings (SSSR count). The first kappa shape index (κ1) is 17.4. The molecule has 0 radical (unpaired) electrons. The Labute approximate surface area is 148 Å². The first-order valence-electron chi connectivity index (χ1n) is 8.94. The van der Waals surface area contributed by atoms with Gasteiger partial charge in [-0.25, -0.2) is 0 Å². The summed E-state index contributed by atoms with van der Waals surface area (Å²) in [6, 6.07) is 10.1. The van der Waals surface area contributed by atoms with Crippen LogP contribution in [0.4, 0.5) is 0 Å². The fourth-order valence-corrected chi connectivity index (χ4v) is 5.87. The number of rotatable bonds is 9. The molecule has 1 aromatic rings. The van der Waals surface area contributed by atoms with Gasteiger partial charge in [0.05, 0.1) is 6.61 Å². The van der Waals surface area contributed by atoms with Crippen molar-refractivity contribution in [1.29, 1.82) is 0 Å². The Balaban J connectivity index is 1.47. The summed E-state index contributed by atoms with van der Waals surface area (Å²) in [4.78, 5) is 10.5. The van der Waals surface area contributed by atoms with Gasteiger partial charge in [0.1, 0.15) is 5.75 Å². The van der Waals surface area contributed by atoms with Gasteiger partial charge in [-0.05, 0) is 50.2 Å². The Morgan fingerprint density at radius 1 is 1.17 bits per heavy atom. The summed E-state index contributed by atoms with van der Waals surface area (Å²) in [5.41, 5.74) is 0. The second kappa shape index (κ2) is 8.61. The van der Waals surface area contributed by atoms with Crippen LogP contribution in [0.2, 0.25) is 0 Å². The highest BCUT2D eigenvalue weighted by Crippen LogP contribution is 2.54. The molecule has 0 unspecified atom stereocenters. The number of para-hydroxylation sites is 1. The zero-order valence-electron chi connectivity index (χ0n) is 14.0. The van der Waals surface area contributed by atoms with Crippen molar-refractivity contribution in [2.45, 2.75) is 49.0 Å². The van der Waals surface area contributed by atoms with Crippen LogP contribution in [0.1, 0.15) is 38.5 Å². The molecule has 4 heteroatoms. The van der Waals surface area contributed by atoms with Crippen molar-refractivity contribution in [3.05, 3.63) is 42.5 Å². The smallest absolute Gasteiger partial charge is 0.303 e. The van der Waals surface area contributed by atoms with Gasteiger partial charge in [0.25, 0.3) is 0 Å². The molecule has 3 nitrogen and oxygen atoms in total. The van der Waals surface area contributed by atoms with Crippen molar-refractivity contribution in [3.8, 4) is 5.75 Å². The molecule has 2 aliphatic rings. The van der Waals surface area contributed by atoms with E-state index in [1.165, 1.54) is 12.8 Å². The van der Waals surface area contributed by atoms with E-state index in [0.717, 1.165) is 42.1 Å². The van der Waals surface area contributed by atoms with Crippen molar-refractivity contribution in [2.75, 3.05) is 6.61 Å². The average Bonchev–Trinajstić information content (AvgIpc) is 3.18. The lowest BCUT2D eigenvalue weighted by Gasteiger charge is -2.29. The summed E-state index contributed by atoms with van der Waals surface area (Å²) in [6.07, 6.45) is 10.1. The summed E-state index contributed by atoms with van der Waals surface area (Å²) < 4.78 is 6.04. The maximum Gasteiger partial charge on any atom is 0.303 e. The van der Waals surface area contributed by atoms with E-state index in [1.54, 1.807) is 0 Å². The molecule has 2 fully saturated rings. The van der Waals surface area contributed by atoms with Gasteiger partial charge in [-0.15, -0.1) is 0 Å². The Kier molecular flexibility index (Phi) is 6.24. The van der Waals surface area contributed by atoms with Crippen LogP contribution in [0.3, 0.4) is 0 Å². The number of carboxylic acid groups (broad SMARTS) is 1. The molecule has 4 atom stereocenters. The third-order valence-corrected chi connectivity index (χ3v) is 6.98. The molecular weight excluding hydrogens is 320 g/mol. The number of hydrogen-bond donors (Lipinski definition) is 1. The van der Waals surface area contributed by atoms with Crippen molar-refractivity contribution in [2.24, 2.45) is 11.8 Å². The van der Waals surface area contributed by atoms with Gasteiger partial charge in [0.15, 0.2) is 0 Å². The van der Waals surface area contributed by atoms with Gasteiger partial charge in [-0.3, -0.25) is 4.79 Å². The van der Waals surface area contributed by atoms with E-state index in [9.17, 15) is 4.79 Å². The first-order valence-corrected chi connectivity index (χ1v) is 9.88. The zero-order chi connectivity index (χ0) is 16.8.